The Balaban J connectivity index is 1.36. The topological polar surface area (TPSA) is 91.1 Å². The quantitative estimate of drug-likeness (QED) is 0.118. The van der Waals surface area contributed by atoms with Crippen LogP contribution >= 0.6 is 11.6 Å². The summed E-state index contributed by atoms with van der Waals surface area (Å²) < 4.78 is 24.4. The zero-order chi connectivity index (χ0) is 36.6. The van der Waals surface area contributed by atoms with Crippen molar-refractivity contribution in [3.63, 3.8) is 0 Å². The largest absolute Gasteiger partial charge is 0.497 e. The summed E-state index contributed by atoms with van der Waals surface area (Å²) in [6.07, 6.45) is 8.94. The van der Waals surface area contributed by atoms with E-state index in [1.165, 1.54) is 4.90 Å². The lowest BCUT2D eigenvalue weighted by Gasteiger charge is -2.30. The Kier molecular flexibility index (Phi) is 11.8. The fraction of sp³-hybridized carbons (Fsp3) is 0.341. The Morgan fingerprint density at radius 2 is 1.25 bits per heavy atom. The summed E-state index contributed by atoms with van der Waals surface area (Å²) in [6.45, 7) is 0.577. The molecule has 9 heteroatoms. The Hall–Kier alpha value is -5.08. The molecule has 1 heterocycles. The zero-order valence-corrected chi connectivity index (χ0v) is 30.9. The molecule has 4 aromatic carbocycles. The van der Waals surface area contributed by atoms with Gasteiger partial charge in [0, 0.05) is 23.5 Å². The number of methoxy groups -OCH3 is 1. The number of imide groups is 1. The van der Waals surface area contributed by atoms with Crippen LogP contribution in [0.25, 0.3) is 22.4 Å². The number of nitrogens with zero attached hydrogens (tertiary/aromatic N) is 2. The predicted molar refractivity (Wildman–Crippen MR) is 206 cm³/mol. The van der Waals surface area contributed by atoms with Crippen LogP contribution in [-0.2, 0) is 22.8 Å². The van der Waals surface area contributed by atoms with Crippen LogP contribution in [0.15, 0.2) is 102 Å². The molecule has 0 N–H and O–H groups in total. The summed E-state index contributed by atoms with van der Waals surface area (Å²) >= 11 is 6.97. The van der Waals surface area contributed by atoms with Crippen molar-refractivity contribution in [2.75, 3.05) is 12.0 Å². The minimum Gasteiger partial charge on any atom is -0.497 e. The van der Waals surface area contributed by atoms with Crippen molar-refractivity contribution in [1.29, 1.82) is 0 Å². The van der Waals surface area contributed by atoms with Gasteiger partial charge in [0.1, 0.15) is 36.2 Å². The van der Waals surface area contributed by atoms with Crippen LogP contribution in [0, 0.1) is 11.8 Å². The first kappa shape index (κ1) is 36.3. The van der Waals surface area contributed by atoms with Crippen LogP contribution in [0.1, 0.15) is 75.3 Å². The second-order valence-corrected chi connectivity index (χ2v) is 14.4. The third kappa shape index (κ3) is 8.44. The number of carbonyl (C=O) groups is 2. The molecule has 2 amide bonds. The number of ether oxygens (including phenoxy) is 3. The van der Waals surface area contributed by atoms with Crippen molar-refractivity contribution >= 4 is 29.3 Å². The highest BCUT2D eigenvalue weighted by Crippen LogP contribution is 2.47. The van der Waals surface area contributed by atoms with Crippen molar-refractivity contribution in [1.82, 2.24) is 5.16 Å². The Bertz CT molecular complexity index is 1950. The average molecular weight is 733 g/mol. The molecule has 1 aromatic heterocycles. The van der Waals surface area contributed by atoms with E-state index < -0.39 is 0 Å². The van der Waals surface area contributed by atoms with Crippen LogP contribution in [0.5, 0.6) is 17.2 Å². The van der Waals surface area contributed by atoms with Crippen molar-refractivity contribution in [3.8, 4) is 39.6 Å². The normalized spacial score (nSPS) is 15.1. The fourth-order valence-corrected chi connectivity index (χ4v) is 7.65. The highest BCUT2D eigenvalue weighted by atomic mass is 35.5. The summed E-state index contributed by atoms with van der Waals surface area (Å²) in [5.74, 6) is 0.699. The lowest BCUT2D eigenvalue weighted by molar-refractivity contribution is -0.132. The van der Waals surface area contributed by atoms with E-state index >= 15 is 0 Å². The highest BCUT2D eigenvalue weighted by Gasteiger charge is 2.40. The monoisotopic (exact) mass is 732 g/mol. The fourth-order valence-electron chi connectivity index (χ4n) is 7.43. The van der Waals surface area contributed by atoms with Gasteiger partial charge in [-0.1, -0.05) is 128 Å². The number of halogens is 1. The summed E-state index contributed by atoms with van der Waals surface area (Å²) in [6, 6.07) is 30.7. The number of aromatic nitrogens is 1. The SMILES string of the molecule is COc1ccc(-c2c(-c3cc(Cl)c(OCc4ccccc4)cc3OCc3ccccc3)noc2N(C(=O)C2CCCCC2)C(=O)C2CCCCC2)cc1. The molecule has 2 saturated carbocycles. The molecule has 0 bridgehead atoms. The maximum Gasteiger partial charge on any atom is 0.249 e. The molecule has 8 nitrogen and oxygen atoms in total. The van der Waals surface area contributed by atoms with Gasteiger partial charge in [-0.2, -0.15) is 0 Å². The minimum atomic E-state index is -0.270. The van der Waals surface area contributed by atoms with Gasteiger partial charge in [0.05, 0.1) is 17.7 Å². The first-order valence-electron chi connectivity index (χ1n) is 18.7. The number of hydrogen-bond donors (Lipinski definition) is 0. The van der Waals surface area contributed by atoms with Crippen molar-refractivity contribution in [3.05, 3.63) is 113 Å². The molecule has 5 aromatic rings. The standard InChI is InChI=1S/C44H45ClN2O6/c1-50-35-24-22-32(23-25-35)40-41(46-53-44(40)47(42(48)33-18-10-4-11-19-33)43(49)34-20-12-5-13-21-34)36-26-37(45)39(52-29-31-16-8-3-9-17-31)27-38(36)51-28-30-14-6-2-7-15-30/h2-3,6-9,14-17,22-27,33-34H,4-5,10-13,18-21,28-29H2,1H3. The Labute approximate surface area is 316 Å². The smallest absolute Gasteiger partial charge is 0.249 e. The van der Waals surface area contributed by atoms with E-state index in [2.05, 4.69) is 5.16 Å². The van der Waals surface area contributed by atoms with Gasteiger partial charge in [-0.15, -0.1) is 0 Å². The Morgan fingerprint density at radius 1 is 0.717 bits per heavy atom. The number of amides is 2. The van der Waals surface area contributed by atoms with Crippen LogP contribution in [0.4, 0.5) is 5.88 Å². The van der Waals surface area contributed by atoms with E-state index in [1.807, 2.05) is 84.9 Å². The number of carbonyl (C=O) groups excluding carboxylic acids is 2. The molecule has 0 spiro atoms. The van der Waals surface area contributed by atoms with Gasteiger partial charge in [0.15, 0.2) is 0 Å². The second-order valence-electron chi connectivity index (χ2n) is 13.9. The van der Waals surface area contributed by atoms with E-state index in [9.17, 15) is 9.59 Å². The molecule has 0 unspecified atom stereocenters. The molecule has 2 aliphatic carbocycles. The number of rotatable bonds is 12. The van der Waals surface area contributed by atoms with E-state index in [0.29, 0.717) is 51.3 Å². The van der Waals surface area contributed by atoms with Gasteiger partial charge in [-0.25, -0.2) is 4.90 Å². The third-order valence-corrected chi connectivity index (χ3v) is 10.7. The lowest BCUT2D eigenvalue weighted by Crippen LogP contribution is -2.45. The van der Waals surface area contributed by atoms with Gasteiger partial charge in [0.25, 0.3) is 0 Å². The van der Waals surface area contributed by atoms with Gasteiger partial charge in [-0.3, -0.25) is 9.59 Å². The van der Waals surface area contributed by atoms with Crippen molar-refractivity contribution < 1.29 is 28.3 Å². The Morgan fingerprint density at radius 3 is 1.77 bits per heavy atom. The third-order valence-electron chi connectivity index (χ3n) is 10.4. The van der Waals surface area contributed by atoms with Crippen LogP contribution in [0.2, 0.25) is 5.02 Å². The van der Waals surface area contributed by atoms with Crippen molar-refractivity contribution in [2.24, 2.45) is 11.8 Å². The molecule has 53 heavy (non-hydrogen) atoms. The lowest BCUT2D eigenvalue weighted by atomic mass is 9.85. The molecule has 2 aliphatic rings. The molecule has 0 aliphatic heterocycles. The average Bonchev–Trinajstić information content (AvgIpc) is 3.65. The van der Waals surface area contributed by atoms with Gasteiger partial charge in [-0.05, 0) is 60.6 Å². The number of anilines is 1. The summed E-state index contributed by atoms with van der Waals surface area (Å²) in [5, 5.41) is 4.98. The van der Waals surface area contributed by atoms with Crippen LogP contribution in [0.3, 0.4) is 0 Å². The molecule has 0 radical (unpaired) electrons. The molecule has 274 valence electrons. The van der Waals surface area contributed by atoms with Gasteiger partial charge < -0.3 is 18.7 Å². The van der Waals surface area contributed by atoms with E-state index in [4.69, 9.17) is 30.3 Å². The summed E-state index contributed by atoms with van der Waals surface area (Å²) in [7, 11) is 1.61. The van der Waals surface area contributed by atoms with E-state index in [-0.39, 0.29) is 36.1 Å². The molecular weight excluding hydrogens is 688 g/mol. The van der Waals surface area contributed by atoms with Gasteiger partial charge in [0.2, 0.25) is 17.7 Å². The van der Waals surface area contributed by atoms with Crippen LogP contribution < -0.4 is 19.1 Å². The first-order chi connectivity index (χ1) is 26.0. The molecule has 2 fully saturated rings. The molecule has 7 rings (SSSR count). The second kappa shape index (κ2) is 17.2. The first-order valence-corrected chi connectivity index (χ1v) is 19.1. The summed E-state index contributed by atoms with van der Waals surface area (Å²) in [5.41, 5.74) is 4.09. The highest BCUT2D eigenvalue weighted by molar-refractivity contribution is 6.32. The van der Waals surface area contributed by atoms with E-state index in [1.54, 1.807) is 19.2 Å². The van der Waals surface area contributed by atoms with Crippen molar-refractivity contribution in [2.45, 2.75) is 77.4 Å². The van der Waals surface area contributed by atoms with E-state index in [0.717, 1.165) is 75.3 Å². The maximum atomic E-state index is 14.6. The zero-order valence-electron chi connectivity index (χ0n) is 30.1. The minimum absolute atomic E-state index is 0.117. The summed E-state index contributed by atoms with van der Waals surface area (Å²) in [4.78, 5) is 30.4. The van der Waals surface area contributed by atoms with Gasteiger partial charge >= 0.3 is 0 Å². The molecular formula is C44H45ClN2O6. The van der Waals surface area contributed by atoms with Crippen LogP contribution in [-0.4, -0.2) is 24.1 Å². The number of benzene rings is 4. The molecule has 0 atom stereocenters. The maximum absolute atomic E-state index is 14.6. The molecule has 0 saturated heterocycles. The number of hydrogen-bond acceptors (Lipinski definition) is 7. The predicted octanol–water partition coefficient (Wildman–Crippen LogP) is 10.8.